The number of rotatable bonds is 5. The smallest absolute Gasteiger partial charge is 0.287 e. The van der Waals surface area contributed by atoms with Crippen LogP contribution in [0.5, 0.6) is 0 Å². The average Bonchev–Trinajstić information content (AvgIpc) is 2.77. The Bertz CT molecular complexity index is 1170. The molecule has 3 aromatic rings. The van der Waals surface area contributed by atoms with Crippen LogP contribution in [0, 0.1) is 13.8 Å². The minimum absolute atomic E-state index is 0.0253. The summed E-state index contributed by atoms with van der Waals surface area (Å²) in [7, 11) is 0. The SMILES string of the molecule is Cc1cc2oc(C(=O)NCC(c3ccccc3Cl)N3CCCCC3)cc(=O)c2cc1C. The number of fused-ring (bicyclic) bond motifs is 1. The molecule has 6 heteroatoms. The Morgan fingerprint density at radius 1 is 1.10 bits per heavy atom. The van der Waals surface area contributed by atoms with Gasteiger partial charge >= 0.3 is 0 Å². The van der Waals surface area contributed by atoms with Crippen molar-refractivity contribution in [3.8, 4) is 0 Å². The highest BCUT2D eigenvalue weighted by atomic mass is 35.5. The number of halogens is 1. The molecule has 1 unspecified atom stereocenters. The molecule has 1 aliphatic rings. The number of nitrogens with zero attached hydrogens (tertiary/aromatic N) is 1. The van der Waals surface area contributed by atoms with Gasteiger partial charge in [0.2, 0.25) is 0 Å². The summed E-state index contributed by atoms with van der Waals surface area (Å²) in [4.78, 5) is 27.8. The Labute approximate surface area is 187 Å². The molecule has 0 radical (unpaired) electrons. The minimum atomic E-state index is -0.397. The first-order valence-corrected chi connectivity index (χ1v) is 11.1. The maximum atomic E-state index is 12.9. The van der Waals surface area contributed by atoms with E-state index in [9.17, 15) is 9.59 Å². The Hall–Kier alpha value is -2.63. The van der Waals surface area contributed by atoms with Gasteiger partial charge in [0.15, 0.2) is 11.2 Å². The number of piperidine rings is 1. The molecule has 162 valence electrons. The molecular weight excluding hydrogens is 412 g/mol. The van der Waals surface area contributed by atoms with Crippen molar-refractivity contribution < 1.29 is 9.21 Å². The van der Waals surface area contributed by atoms with E-state index in [-0.39, 0.29) is 17.2 Å². The van der Waals surface area contributed by atoms with Crippen LogP contribution in [0.4, 0.5) is 0 Å². The van der Waals surface area contributed by atoms with Gasteiger partial charge < -0.3 is 9.73 Å². The number of carbonyl (C=O) groups is 1. The molecule has 0 aliphatic carbocycles. The lowest BCUT2D eigenvalue weighted by Crippen LogP contribution is -2.40. The van der Waals surface area contributed by atoms with Crippen LogP contribution in [0.1, 0.15) is 52.5 Å². The van der Waals surface area contributed by atoms with Gasteiger partial charge in [0.25, 0.3) is 5.91 Å². The fourth-order valence-electron chi connectivity index (χ4n) is 4.21. The second-order valence-corrected chi connectivity index (χ2v) is 8.66. The first-order valence-electron chi connectivity index (χ1n) is 10.8. The molecule has 1 atom stereocenters. The number of aryl methyl sites for hydroxylation is 2. The van der Waals surface area contributed by atoms with Crippen molar-refractivity contribution in [1.82, 2.24) is 10.2 Å². The van der Waals surface area contributed by atoms with Gasteiger partial charge in [-0.15, -0.1) is 0 Å². The molecule has 1 aromatic heterocycles. The van der Waals surface area contributed by atoms with Gasteiger partial charge in [0, 0.05) is 17.6 Å². The van der Waals surface area contributed by atoms with Crippen LogP contribution in [-0.2, 0) is 0 Å². The fourth-order valence-corrected chi connectivity index (χ4v) is 4.47. The number of carbonyl (C=O) groups excluding carboxylic acids is 1. The van der Waals surface area contributed by atoms with E-state index < -0.39 is 5.91 Å². The predicted octanol–water partition coefficient (Wildman–Crippen LogP) is 5.02. The quantitative estimate of drug-likeness (QED) is 0.607. The topological polar surface area (TPSA) is 62.6 Å². The van der Waals surface area contributed by atoms with Crippen LogP contribution in [-0.4, -0.2) is 30.4 Å². The van der Waals surface area contributed by atoms with Crippen molar-refractivity contribution in [2.24, 2.45) is 0 Å². The number of hydrogen-bond donors (Lipinski definition) is 1. The highest BCUT2D eigenvalue weighted by Gasteiger charge is 2.25. The molecular formula is C25H27ClN2O3. The van der Waals surface area contributed by atoms with Crippen molar-refractivity contribution in [3.63, 3.8) is 0 Å². The van der Waals surface area contributed by atoms with Crippen LogP contribution in [0.2, 0.25) is 5.02 Å². The van der Waals surface area contributed by atoms with Crippen molar-refractivity contribution >= 4 is 28.5 Å². The normalized spacial score (nSPS) is 15.7. The molecule has 1 N–H and O–H groups in total. The Morgan fingerprint density at radius 2 is 1.81 bits per heavy atom. The van der Waals surface area contributed by atoms with E-state index in [1.807, 2.05) is 50.2 Å². The average molecular weight is 439 g/mol. The summed E-state index contributed by atoms with van der Waals surface area (Å²) in [5.41, 5.74) is 3.24. The third-order valence-electron chi connectivity index (χ3n) is 6.12. The summed E-state index contributed by atoms with van der Waals surface area (Å²) >= 11 is 6.48. The van der Waals surface area contributed by atoms with E-state index in [1.165, 1.54) is 12.5 Å². The first-order chi connectivity index (χ1) is 14.9. The zero-order valence-electron chi connectivity index (χ0n) is 17.9. The van der Waals surface area contributed by atoms with E-state index in [2.05, 4.69) is 10.2 Å². The maximum Gasteiger partial charge on any atom is 0.287 e. The summed E-state index contributed by atoms with van der Waals surface area (Å²) < 4.78 is 5.80. The van der Waals surface area contributed by atoms with Crippen LogP contribution < -0.4 is 10.7 Å². The van der Waals surface area contributed by atoms with E-state index in [4.69, 9.17) is 16.0 Å². The molecule has 2 heterocycles. The number of nitrogens with one attached hydrogen (secondary N) is 1. The van der Waals surface area contributed by atoms with Crippen molar-refractivity contribution in [1.29, 1.82) is 0 Å². The molecule has 1 aliphatic heterocycles. The zero-order chi connectivity index (χ0) is 22.0. The van der Waals surface area contributed by atoms with Crippen LogP contribution in [0.3, 0.4) is 0 Å². The highest BCUT2D eigenvalue weighted by molar-refractivity contribution is 6.31. The number of hydrogen-bond acceptors (Lipinski definition) is 4. The monoisotopic (exact) mass is 438 g/mol. The van der Waals surface area contributed by atoms with Crippen molar-refractivity contribution in [2.45, 2.75) is 39.2 Å². The molecule has 1 amide bonds. The largest absolute Gasteiger partial charge is 0.451 e. The molecule has 2 aromatic carbocycles. The van der Waals surface area contributed by atoms with Gasteiger partial charge in [-0.2, -0.15) is 0 Å². The van der Waals surface area contributed by atoms with Gasteiger partial charge in [0.05, 0.1) is 11.4 Å². The third kappa shape index (κ3) is 4.68. The molecule has 1 fully saturated rings. The molecule has 0 spiro atoms. The van der Waals surface area contributed by atoms with E-state index in [0.29, 0.717) is 22.5 Å². The lowest BCUT2D eigenvalue weighted by molar-refractivity contribution is 0.0897. The lowest BCUT2D eigenvalue weighted by Gasteiger charge is -2.35. The lowest BCUT2D eigenvalue weighted by atomic mass is 10.0. The first kappa shape index (κ1) is 21.6. The van der Waals surface area contributed by atoms with Crippen LogP contribution in [0.15, 0.2) is 51.7 Å². The molecule has 0 saturated carbocycles. The zero-order valence-corrected chi connectivity index (χ0v) is 18.7. The van der Waals surface area contributed by atoms with E-state index >= 15 is 0 Å². The maximum absolute atomic E-state index is 12.9. The second kappa shape index (κ2) is 9.25. The Kier molecular flexibility index (Phi) is 6.44. The summed E-state index contributed by atoms with van der Waals surface area (Å²) in [6, 6.07) is 12.6. The number of likely N-dealkylation sites (tertiary alicyclic amines) is 1. The molecule has 31 heavy (non-hydrogen) atoms. The van der Waals surface area contributed by atoms with Crippen LogP contribution in [0.25, 0.3) is 11.0 Å². The van der Waals surface area contributed by atoms with E-state index in [1.54, 1.807) is 0 Å². The predicted molar refractivity (Wildman–Crippen MR) is 124 cm³/mol. The second-order valence-electron chi connectivity index (χ2n) is 8.25. The Balaban J connectivity index is 1.58. The van der Waals surface area contributed by atoms with Crippen molar-refractivity contribution in [3.05, 3.63) is 80.2 Å². The van der Waals surface area contributed by atoms with Gasteiger partial charge in [-0.25, -0.2) is 0 Å². The standard InChI is InChI=1S/C25H27ClN2O3/c1-16-12-19-22(29)14-24(31-23(19)13-17(16)2)25(30)27-15-21(28-10-6-3-7-11-28)18-8-4-5-9-20(18)26/h4-5,8-9,12-14,21H,3,6-7,10-11,15H2,1-2H3,(H,27,30). The van der Waals surface area contributed by atoms with Gasteiger partial charge in [-0.1, -0.05) is 36.2 Å². The van der Waals surface area contributed by atoms with Crippen molar-refractivity contribution in [2.75, 3.05) is 19.6 Å². The summed E-state index contributed by atoms with van der Waals surface area (Å²) in [5.74, 6) is -0.372. The van der Waals surface area contributed by atoms with E-state index in [0.717, 1.165) is 42.6 Å². The molecule has 0 bridgehead atoms. The molecule has 5 nitrogen and oxygen atoms in total. The molecule has 1 saturated heterocycles. The Morgan fingerprint density at radius 3 is 2.55 bits per heavy atom. The number of benzene rings is 2. The van der Waals surface area contributed by atoms with Crippen LogP contribution >= 0.6 is 11.6 Å². The number of amides is 1. The third-order valence-corrected chi connectivity index (χ3v) is 6.46. The molecule has 4 rings (SSSR count). The highest BCUT2D eigenvalue weighted by Crippen LogP contribution is 2.29. The summed E-state index contributed by atoms with van der Waals surface area (Å²) in [5, 5.41) is 4.15. The summed E-state index contributed by atoms with van der Waals surface area (Å²) in [6.07, 6.45) is 3.49. The van der Waals surface area contributed by atoms with Gasteiger partial charge in [-0.05, 0) is 74.7 Å². The summed E-state index contributed by atoms with van der Waals surface area (Å²) in [6.45, 7) is 6.22. The minimum Gasteiger partial charge on any atom is -0.451 e. The fraction of sp³-hybridized carbons (Fsp3) is 0.360. The van der Waals surface area contributed by atoms with Gasteiger partial charge in [-0.3, -0.25) is 14.5 Å². The van der Waals surface area contributed by atoms with Gasteiger partial charge in [0.1, 0.15) is 5.58 Å².